The molecule has 3 aromatic rings. The van der Waals surface area contributed by atoms with E-state index in [0.717, 1.165) is 18.9 Å². The van der Waals surface area contributed by atoms with Gasteiger partial charge in [0.1, 0.15) is 11.4 Å². The Morgan fingerprint density at radius 1 is 1.10 bits per heavy atom. The average Bonchev–Trinajstić information content (AvgIpc) is 3.33. The standard InChI is InChI=1S/C22H16Cl2FNO4/c23-15-5-3-11(8-16(15)24)19-18-20(27)14-9-12(25)4-6-17(14)30-21(18)22(28)26(19)10-13-2-1-7-29-13/h3-6,8-9,13,19H,1-2,7,10H2/t13-,19+/m0/s1. The van der Waals surface area contributed by atoms with E-state index in [1.165, 1.54) is 12.1 Å². The van der Waals surface area contributed by atoms with Crippen molar-refractivity contribution in [2.24, 2.45) is 0 Å². The first-order valence-electron chi connectivity index (χ1n) is 9.58. The lowest BCUT2D eigenvalue weighted by Crippen LogP contribution is -2.36. The maximum absolute atomic E-state index is 13.8. The highest BCUT2D eigenvalue weighted by Crippen LogP contribution is 2.40. The zero-order valence-electron chi connectivity index (χ0n) is 15.7. The number of ether oxygens (including phenoxy) is 1. The van der Waals surface area contributed by atoms with Crippen LogP contribution in [0.4, 0.5) is 4.39 Å². The molecule has 0 bridgehead atoms. The number of halogens is 3. The van der Waals surface area contributed by atoms with Gasteiger partial charge in [0.15, 0.2) is 5.43 Å². The molecule has 2 aliphatic rings. The molecule has 5 nitrogen and oxygen atoms in total. The first kappa shape index (κ1) is 19.5. The van der Waals surface area contributed by atoms with Crippen LogP contribution in [0.1, 0.15) is 40.6 Å². The summed E-state index contributed by atoms with van der Waals surface area (Å²) in [4.78, 5) is 28.2. The van der Waals surface area contributed by atoms with Gasteiger partial charge in [0, 0.05) is 13.2 Å². The fourth-order valence-corrected chi connectivity index (χ4v) is 4.52. The summed E-state index contributed by atoms with van der Waals surface area (Å²) in [6.45, 7) is 0.940. The number of carbonyl (C=O) groups is 1. The number of fused-ring (bicyclic) bond motifs is 2. The molecule has 154 valence electrons. The molecule has 0 radical (unpaired) electrons. The molecule has 3 heterocycles. The molecule has 0 spiro atoms. The van der Waals surface area contributed by atoms with Crippen LogP contribution in [0.5, 0.6) is 0 Å². The van der Waals surface area contributed by atoms with E-state index < -0.39 is 23.2 Å². The van der Waals surface area contributed by atoms with E-state index in [4.69, 9.17) is 32.4 Å². The van der Waals surface area contributed by atoms with Crippen molar-refractivity contribution in [3.8, 4) is 0 Å². The van der Waals surface area contributed by atoms with E-state index in [1.807, 2.05) is 0 Å². The fourth-order valence-electron chi connectivity index (χ4n) is 4.22. The third-order valence-electron chi connectivity index (χ3n) is 5.61. The van der Waals surface area contributed by atoms with E-state index in [0.29, 0.717) is 28.8 Å². The predicted octanol–water partition coefficient (Wildman–Crippen LogP) is 4.96. The Labute approximate surface area is 180 Å². The largest absolute Gasteiger partial charge is 0.450 e. The molecule has 8 heteroatoms. The molecule has 1 aromatic heterocycles. The van der Waals surface area contributed by atoms with E-state index in [9.17, 15) is 14.0 Å². The van der Waals surface area contributed by atoms with E-state index in [-0.39, 0.29) is 28.4 Å². The molecule has 1 saturated heterocycles. The lowest BCUT2D eigenvalue weighted by Gasteiger charge is -2.27. The quantitative estimate of drug-likeness (QED) is 0.568. The normalized spacial score (nSPS) is 20.9. The predicted molar refractivity (Wildman–Crippen MR) is 111 cm³/mol. The Morgan fingerprint density at radius 3 is 2.67 bits per heavy atom. The Hall–Kier alpha value is -2.41. The number of amides is 1. The minimum atomic E-state index is -0.726. The van der Waals surface area contributed by atoms with Gasteiger partial charge in [-0.1, -0.05) is 29.3 Å². The Balaban J connectivity index is 1.72. The van der Waals surface area contributed by atoms with Crippen molar-refractivity contribution in [1.29, 1.82) is 0 Å². The molecule has 0 aliphatic carbocycles. The van der Waals surface area contributed by atoms with Gasteiger partial charge in [0.25, 0.3) is 5.91 Å². The van der Waals surface area contributed by atoms with Gasteiger partial charge < -0.3 is 14.1 Å². The van der Waals surface area contributed by atoms with Gasteiger partial charge in [-0.05, 0) is 48.7 Å². The SMILES string of the molecule is O=C1c2oc3ccc(F)cc3c(=O)c2[C@@H](c2ccc(Cl)c(Cl)c2)N1C[C@@H]1CCCO1. The summed E-state index contributed by atoms with van der Waals surface area (Å²) >= 11 is 12.3. The van der Waals surface area contributed by atoms with Gasteiger partial charge in [0.2, 0.25) is 5.76 Å². The van der Waals surface area contributed by atoms with Crippen LogP contribution in [0.3, 0.4) is 0 Å². The summed E-state index contributed by atoms with van der Waals surface area (Å²) < 4.78 is 25.3. The van der Waals surface area contributed by atoms with Crippen molar-refractivity contribution < 1.29 is 18.3 Å². The van der Waals surface area contributed by atoms with Gasteiger partial charge in [-0.2, -0.15) is 0 Å². The highest BCUT2D eigenvalue weighted by molar-refractivity contribution is 6.42. The van der Waals surface area contributed by atoms with Gasteiger partial charge >= 0.3 is 0 Å². The Morgan fingerprint density at radius 2 is 1.93 bits per heavy atom. The maximum atomic E-state index is 13.8. The van der Waals surface area contributed by atoms with E-state index in [1.54, 1.807) is 23.1 Å². The third-order valence-corrected chi connectivity index (χ3v) is 6.35. The monoisotopic (exact) mass is 447 g/mol. The molecular weight excluding hydrogens is 432 g/mol. The summed E-state index contributed by atoms with van der Waals surface area (Å²) in [6, 6.07) is 7.92. The second kappa shape index (κ2) is 7.38. The van der Waals surface area contributed by atoms with Crippen LogP contribution in [0.15, 0.2) is 45.6 Å². The molecule has 0 unspecified atom stereocenters. The number of benzene rings is 2. The van der Waals surface area contributed by atoms with Crippen LogP contribution >= 0.6 is 23.2 Å². The summed E-state index contributed by atoms with van der Waals surface area (Å²) in [5, 5.41) is 0.761. The zero-order chi connectivity index (χ0) is 21.0. The minimum absolute atomic E-state index is 0.0341. The molecule has 1 amide bonds. The van der Waals surface area contributed by atoms with Crippen molar-refractivity contribution in [3.05, 3.63) is 79.4 Å². The van der Waals surface area contributed by atoms with E-state index in [2.05, 4.69) is 0 Å². The fraction of sp³-hybridized carbons (Fsp3) is 0.273. The molecule has 30 heavy (non-hydrogen) atoms. The summed E-state index contributed by atoms with van der Waals surface area (Å²) in [7, 11) is 0. The van der Waals surface area contributed by atoms with Crippen molar-refractivity contribution in [2.75, 3.05) is 13.2 Å². The van der Waals surface area contributed by atoms with E-state index >= 15 is 0 Å². The second-order valence-corrected chi connectivity index (χ2v) is 8.30. The van der Waals surface area contributed by atoms with Crippen LogP contribution in [0.2, 0.25) is 10.0 Å². The van der Waals surface area contributed by atoms with Crippen molar-refractivity contribution >= 4 is 40.1 Å². The zero-order valence-corrected chi connectivity index (χ0v) is 17.2. The Kier molecular flexibility index (Phi) is 4.81. The molecule has 2 atom stereocenters. The van der Waals surface area contributed by atoms with Crippen LogP contribution in [-0.4, -0.2) is 30.1 Å². The van der Waals surface area contributed by atoms with Crippen LogP contribution in [0.25, 0.3) is 11.0 Å². The van der Waals surface area contributed by atoms with Crippen molar-refractivity contribution in [3.63, 3.8) is 0 Å². The summed E-state index contributed by atoms with van der Waals surface area (Å²) in [5.74, 6) is -0.991. The van der Waals surface area contributed by atoms with Crippen molar-refractivity contribution in [2.45, 2.75) is 25.0 Å². The van der Waals surface area contributed by atoms with Crippen molar-refractivity contribution in [1.82, 2.24) is 4.90 Å². The molecule has 0 saturated carbocycles. The number of nitrogens with zero attached hydrogens (tertiary/aromatic N) is 1. The number of hydrogen-bond donors (Lipinski definition) is 0. The van der Waals surface area contributed by atoms with Gasteiger partial charge in [0.05, 0.1) is 33.1 Å². The topological polar surface area (TPSA) is 59.8 Å². The maximum Gasteiger partial charge on any atom is 0.291 e. The molecule has 5 rings (SSSR count). The molecule has 2 aliphatic heterocycles. The number of hydrogen-bond acceptors (Lipinski definition) is 4. The lowest BCUT2D eigenvalue weighted by molar-refractivity contribution is 0.0486. The van der Waals surface area contributed by atoms with Gasteiger partial charge in [-0.25, -0.2) is 4.39 Å². The summed E-state index contributed by atoms with van der Waals surface area (Å²) in [6.07, 6.45) is 1.61. The molecule has 2 aromatic carbocycles. The second-order valence-electron chi connectivity index (χ2n) is 7.48. The average molecular weight is 448 g/mol. The van der Waals surface area contributed by atoms with Crippen LogP contribution in [-0.2, 0) is 4.74 Å². The Bertz CT molecular complexity index is 1240. The first-order valence-corrected chi connectivity index (χ1v) is 10.3. The highest BCUT2D eigenvalue weighted by Gasteiger charge is 2.44. The number of rotatable bonds is 3. The lowest BCUT2D eigenvalue weighted by atomic mass is 9.98. The highest BCUT2D eigenvalue weighted by atomic mass is 35.5. The number of carbonyl (C=O) groups excluding carboxylic acids is 1. The smallest absolute Gasteiger partial charge is 0.291 e. The molecular formula is C22H16Cl2FNO4. The third kappa shape index (κ3) is 3.11. The molecule has 0 N–H and O–H groups in total. The first-order chi connectivity index (χ1) is 14.4. The van der Waals surface area contributed by atoms with Crippen LogP contribution in [0, 0.1) is 5.82 Å². The van der Waals surface area contributed by atoms with Gasteiger partial charge in [-0.15, -0.1) is 0 Å². The van der Waals surface area contributed by atoms with Crippen LogP contribution < -0.4 is 5.43 Å². The molecule has 1 fully saturated rings. The van der Waals surface area contributed by atoms with Gasteiger partial charge in [-0.3, -0.25) is 9.59 Å². The minimum Gasteiger partial charge on any atom is -0.450 e. The summed E-state index contributed by atoms with van der Waals surface area (Å²) in [5.41, 5.74) is 0.525.